The standard InChI is InChI=1S/C12H13NO2.C2H6/c1-7(2)10-6-12(14)15-11-5-8(13)3-4-9(10)11;1-2/h3-7H,13H2,1-2H3;1-2H3. The first kappa shape index (κ1) is 13.3. The molecule has 0 aliphatic rings. The molecule has 0 aliphatic heterocycles. The van der Waals surface area contributed by atoms with Crippen LogP contribution in [-0.4, -0.2) is 0 Å². The lowest BCUT2D eigenvalue weighted by Gasteiger charge is -2.08. The summed E-state index contributed by atoms with van der Waals surface area (Å²) >= 11 is 0. The highest BCUT2D eigenvalue weighted by Gasteiger charge is 2.08. The largest absolute Gasteiger partial charge is 0.423 e. The molecule has 2 rings (SSSR count). The molecule has 1 aromatic heterocycles. The van der Waals surface area contributed by atoms with Gasteiger partial charge in [0, 0.05) is 23.2 Å². The second kappa shape index (κ2) is 5.53. The SMILES string of the molecule is CC.CC(C)c1cc(=O)oc2cc(N)ccc12. The maximum atomic E-state index is 11.3. The van der Waals surface area contributed by atoms with E-state index in [9.17, 15) is 4.79 Å². The summed E-state index contributed by atoms with van der Waals surface area (Å²) in [5, 5.41) is 0.957. The van der Waals surface area contributed by atoms with Gasteiger partial charge >= 0.3 is 5.63 Å². The van der Waals surface area contributed by atoms with Crippen molar-refractivity contribution in [1.29, 1.82) is 0 Å². The molecule has 0 aliphatic carbocycles. The molecule has 0 fully saturated rings. The zero-order valence-corrected chi connectivity index (χ0v) is 10.8. The number of nitrogens with two attached hydrogens (primary N) is 1. The summed E-state index contributed by atoms with van der Waals surface area (Å²) < 4.78 is 5.10. The average Bonchev–Trinajstić information content (AvgIpc) is 2.29. The Morgan fingerprint density at radius 2 is 1.82 bits per heavy atom. The zero-order chi connectivity index (χ0) is 13.0. The van der Waals surface area contributed by atoms with E-state index in [1.807, 2.05) is 39.8 Å². The molecule has 0 radical (unpaired) electrons. The fourth-order valence-electron chi connectivity index (χ4n) is 1.68. The second-order valence-electron chi connectivity index (χ2n) is 3.93. The van der Waals surface area contributed by atoms with E-state index in [0.717, 1.165) is 10.9 Å². The normalized spacial score (nSPS) is 10.2. The van der Waals surface area contributed by atoms with E-state index >= 15 is 0 Å². The second-order valence-corrected chi connectivity index (χ2v) is 3.93. The molecular weight excluding hydrogens is 214 g/mol. The van der Waals surface area contributed by atoms with Crippen LogP contribution in [0.2, 0.25) is 0 Å². The first-order chi connectivity index (χ1) is 8.08. The molecule has 3 nitrogen and oxygen atoms in total. The van der Waals surface area contributed by atoms with Gasteiger partial charge in [-0.15, -0.1) is 0 Å². The minimum atomic E-state index is -0.322. The van der Waals surface area contributed by atoms with E-state index in [4.69, 9.17) is 10.2 Å². The fraction of sp³-hybridized carbons (Fsp3) is 0.357. The quantitative estimate of drug-likeness (QED) is 0.605. The lowest BCUT2D eigenvalue weighted by molar-refractivity contribution is 0.557. The molecule has 0 bridgehead atoms. The Bertz CT molecular complexity index is 556. The molecule has 0 unspecified atom stereocenters. The Morgan fingerprint density at radius 3 is 2.41 bits per heavy atom. The van der Waals surface area contributed by atoms with Gasteiger partial charge in [-0.3, -0.25) is 0 Å². The molecule has 17 heavy (non-hydrogen) atoms. The van der Waals surface area contributed by atoms with Crippen molar-refractivity contribution in [3.8, 4) is 0 Å². The number of nitrogen functional groups attached to an aromatic ring is 1. The highest BCUT2D eigenvalue weighted by Crippen LogP contribution is 2.24. The van der Waals surface area contributed by atoms with Gasteiger partial charge in [-0.2, -0.15) is 0 Å². The van der Waals surface area contributed by atoms with Gasteiger partial charge in [0.25, 0.3) is 0 Å². The third-order valence-electron chi connectivity index (χ3n) is 2.42. The molecule has 0 saturated heterocycles. The number of benzene rings is 1. The predicted octanol–water partition coefficient (Wildman–Crippen LogP) is 3.52. The summed E-state index contributed by atoms with van der Waals surface area (Å²) in [5.41, 5.74) is 7.48. The molecule has 3 heteroatoms. The summed E-state index contributed by atoms with van der Waals surface area (Å²) in [4.78, 5) is 11.3. The summed E-state index contributed by atoms with van der Waals surface area (Å²) in [6.07, 6.45) is 0. The first-order valence-corrected chi connectivity index (χ1v) is 5.91. The Morgan fingerprint density at radius 1 is 1.18 bits per heavy atom. The van der Waals surface area contributed by atoms with Crippen molar-refractivity contribution >= 4 is 16.7 Å². The Hall–Kier alpha value is -1.77. The van der Waals surface area contributed by atoms with E-state index < -0.39 is 0 Å². The van der Waals surface area contributed by atoms with Crippen LogP contribution in [0.25, 0.3) is 11.0 Å². The van der Waals surface area contributed by atoms with Crippen molar-refractivity contribution in [3.05, 3.63) is 40.2 Å². The van der Waals surface area contributed by atoms with Gasteiger partial charge in [-0.1, -0.05) is 27.7 Å². The zero-order valence-electron chi connectivity index (χ0n) is 10.8. The van der Waals surface area contributed by atoms with Crippen molar-refractivity contribution in [2.45, 2.75) is 33.6 Å². The van der Waals surface area contributed by atoms with Crippen LogP contribution in [0.1, 0.15) is 39.2 Å². The summed E-state index contributed by atoms with van der Waals surface area (Å²) in [7, 11) is 0. The van der Waals surface area contributed by atoms with Crippen molar-refractivity contribution in [3.63, 3.8) is 0 Å². The van der Waals surface area contributed by atoms with Crippen LogP contribution in [0.4, 0.5) is 5.69 Å². The van der Waals surface area contributed by atoms with Gasteiger partial charge in [0.1, 0.15) is 5.58 Å². The van der Waals surface area contributed by atoms with Crippen molar-refractivity contribution < 1.29 is 4.42 Å². The maximum absolute atomic E-state index is 11.3. The van der Waals surface area contributed by atoms with Crippen molar-refractivity contribution in [2.24, 2.45) is 0 Å². The van der Waals surface area contributed by atoms with Gasteiger partial charge in [-0.25, -0.2) is 4.79 Å². The van der Waals surface area contributed by atoms with Gasteiger partial charge < -0.3 is 10.2 Å². The fourth-order valence-corrected chi connectivity index (χ4v) is 1.68. The Labute approximate surface area is 101 Å². The van der Waals surface area contributed by atoms with Gasteiger partial charge in [0.15, 0.2) is 0 Å². The molecular formula is C14H19NO2. The molecule has 2 N–H and O–H groups in total. The van der Waals surface area contributed by atoms with Crippen LogP contribution in [0, 0.1) is 0 Å². The molecule has 0 amide bonds. The van der Waals surface area contributed by atoms with Crippen LogP contribution in [0.5, 0.6) is 0 Å². The Kier molecular flexibility index (Phi) is 4.32. The van der Waals surface area contributed by atoms with Gasteiger partial charge in [0.05, 0.1) is 0 Å². The third-order valence-corrected chi connectivity index (χ3v) is 2.42. The molecule has 2 aromatic rings. The first-order valence-electron chi connectivity index (χ1n) is 5.91. The average molecular weight is 233 g/mol. The Balaban J connectivity index is 0.000000686. The summed E-state index contributed by atoms with van der Waals surface area (Å²) in [6.45, 7) is 8.09. The third kappa shape index (κ3) is 2.87. The van der Waals surface area contributed by atoms with E-state index in [1.165, 1.54) is 0 Å². The van der Waals surface area contributed by atoms with Gasteiger partial charge in [0.2, 0.25) is 0 Å². The molecule has 92 valence electrons. The van der Waals surface area contributed by atoms with Crippen LogP contribution in [0.3, 0.4) is 0 Å². The van der Waals surface area contributed by atoms with Crippen molar-refractivity contribution in [1.82, 2.24) is 0 Å². The minimum absolute atomic E-state index is 0.292. The van der Waals surface area contributed by atoms with E-state index in [2.05, 4.69) is 0 Å². The van der Waals surface area contributed by atoms with Crippen LogP contribution >= 0.6 is 0 Å². The number of fused-ring (bicyclic) bond motifs is 1. The molecule has 0 spiro atoms. The number of rotatable bonds is 1. The van der Waals surface area contributed by atoms with E-state index in [0.29, 0.717) is 17.2 Å². The summed E-state index contributed by atoms with van der Waals surface area (Å²) in [6, 6.07) is 6.93. The summed E-state index contributed by atoms with van der Waals surface area (Å²) in [5.74, 6) is 0.292. The van der Waals surface area contributed by atoms with Crippen molar-refractivity contribution in [2.75, 3.05) is 5.73 Å². The molecule has 1 aromatic carbocycles. The minimum Gasteiger partial charge on any atom is -0.423 e. The molecule has 1 heterocycles. The lowest BCUT2D eigenvalue weighted by Crippen LogP contribution is -2.02. The highest BCUT2D eigenvalue weighted by molar-refractivity contribution is 5.83. The smallest absolute Gasteiger partial charge is 0.336 e. The van der Waals surface area contributed by atoms with E-state index in [-0.39, 0.29) is 5.63 Å². The van der Waals surface area contributed by atoms with E-state index in [1.54, 1.807) is 12.1 Å². The van der Waals surface area contributed by atoms with Crippen LogP contribution in [0.15, 0.2) is 33.5 Å². The monoisotopic (exact) mass is 233 g/mol. The number of hydrogen-bond donors (Lipinski definition) is 1. The topological polar surface area (TPSA) is 56.2 Å². The number of hydrogen-bond acceptors (Lipinski definition) is 3. The lowest BCUT2D eigenvalue weighted by atomic mass is 10.00. The highest BCUT2D eigenvalue weighted by atomic mass is 16.4. The van der Waals surface area contributed by atoms with Crippen LogP contribution < -0.4 is 11.4 Å². The maximum Gasteiger partial charge on any atom is 0.336 e. The molecule has 0 atom stereocenters. The van der Waals surface area contributed by atoms with Crippen LogP contribution in [-0.2, 0) is 0 Å². The molecule has 0 saturated carbocycles. The predicted molar refractivity (Wildman–Crippen MR) is 72.3 cm³/mol. The number of anilines is 1. The van der Waals surface area contributed by atoms with Gasteiger partial charge in [-0.05, 0) is 23.6 Å².